The average Bonchev–Trinajstić information content (AvgIpc) is 2.84. The average molecular weight is 308 g/mol. The third-order valence-electron chi connectivity index (χ3n) is 5.96. The molecule has 0 bridgehead atoms. The Morgan fingerprint density at radius 1 is 1.14 bits per heavy atom. The Hall–Kier alpha value is -0.770. The molecule has 4 nitrogen and oxygen atoms in total. The first-order chi connectivity index (χ1) is 10.3. The lowest BCUT2D eigenvalue weighted by atomic mass is 9.78. The van der Waals surface area contributed by atoms with Crippen LogP contribution in [0.3, 0.4) is 0 Å². The summed E-state index contributed by atoms with van der Waals surface area (Å²) in [6.07, 6.45) is 3.91. The lowest BCUT2D eigenvalue weighted by molar-refractivity contribution is 0.0267. The highest BCUT2D eigenvalue weighted by atomic mass is 16.6. The van der Waals surface area contributed by atoms with Crippen LogP contribution in [0.1, 0.15) is 53.9 Å². The Bertz CT molecular complexity index is 419. The van der Waals surface area contributed by atoms with Crippen molar-refractivity contribution in [3.8, 4) is 0 Å². The quantitative estimate of drug-likeness (QED) is 0.851. The van der Waals surface area contributed by atoms with Crippen molar-refractivity contribution in [2.45, 2.75) is 71.6 Å². The van der Waals surface area contributed by atoms with Crippen LogP contribution >= 0.6 is 0 Å². The van der Waals surface area contributed by atoms with Gasteiger partial charge in [-0.05, 0) is 50.9 Å². The van der Waals surface area contributed by atoms with Crippen LogP contribution in [0.25, 0.3) is 0 Å². The standard InChI is InChI=1S/C18H32N2O2/c1-11-7-6-8-15(12(11)2)19-16-13-9-20(10-14(13)16)17(21)22-18(3,4)5/h11-16,19H,6-10H2,1-5H3. The first-order valence-corrected chi connectivity index (χ1v) is 9.00. The maximum absolute atomic E-state index is 12.1. The van der Waals surface area contributed by atoms with Gasteiger partial charge >= 0.3 is 6.09 Å². The van der Waals surface area contributed by atoms with Crippen molar-refractivity contribution in [1.29, 1.82) is 0 Å². The zero-order chi connectivity index (χ0) is 16.1. The van der Waals surface area contributed by atoms with Gasteiger partial charge in [0.1, 0.15) is 5.60 Å². The normalized spacial score (nSPS) is 41.2. The SMILES string of the molecule is CC1CCCC(NC2C3CN(C(=O)OC(C)(C)C)CC32)C1C. The zero-order valence-electron chi connectivity index (χ0n) is 14.8. The number of likely N-dealkylation sites (tertiary alicyclic amines) is 1. The van der Waals surface area contributed by atoms with Crippen LogP contribution in [-0.4, -0.2) is 41.8 Å². The second kappa shape index (κ2) is 5.70. The molecule has 0 aromatic carbocycles. The molecule has 3 aliphatic rings. The van der Waals surface area contributed by atoms with E-state index in [0.29, 0.717) is 23.9 Å². The summed E-state index contributed by atoms with van der Waals surface area (Å²) >= 11 is 0. The van der Waals surface area contributed by atoms with Crippen LogP contribution in [0.5, 0.6) is 0 Å². The van der Waals surface area contributed by atoms with Crippen molar-refractivity contribution in [3.63, 3.8) is 0 Å². The van der Waals surface area contributed by atoms with E-state index in [9.17, 15) is 4.79 Å². The van der Waals surface area contributed by atoms with E-state index in [1.807, 2.05) is 25.7 Å². The highest BCUT2D eigenvalue weighted by molar-refractivity contribution is 5.69. The third kappa shape index (κ3) is 3.27. The van der Waals surface area contributed by atoms with Crippen molar-refractivity contribution >= 4 is 6.09 Å². The minimum Gasteiger partial charge on any atom is -0.444 e. The van der Waals surface area contributed by atoms with Gasteiger partial charge < -0.3 is 15.0 Å². The van der Waals surface area contributed by atoms with Gasteiger partial charge in [0.15, 0.2) is 0 Å². The lowest BCUT2D eigenvalue weighted by Gasteiger charge is -2.35. The van der Waals surface area contributed by atoms with Crippen LogP contribution in [0.15, 0.2) is 0 Å². The van der Waals surface area contributed by atoms with Crippen LogP contribution in [-0.2, 0) is 4.74 Å². The van der Waals surface area contributed by atoms with E-state index < -0.39 is 5.60 Å². The molecular formula is C18H32N2O2. The Labute approximate surface area is 135 Å². The summed E-state index contributed by atoms with van der Waals surface area (Å²) < 4.78 is 5.47. The molecule has 5 atom stereocenters. The molecular weight excluding hydrogens is 276 g/mol. The zero-order valence-corrected chi connectivity index (χ0v) is 14.8. The molecule has 1 saturated heterocycles. The van der Waals surface area contributed by atoms with Crippen LogP contribution < -0.4 is 5.32 Å². The molecule has 1 N–H and O–H groups in total. The molecule has 4 heteroatoms. The summed E-state index contributed by atoms with van der Waals surface area (Å²) in [5.41, 5.74) is -0.394. The van der Waals surface area contributed by atoms with Gasteiger partial charge in [0.05, 0.1) is 0 Å². The molecule has 2 aliphatic carbocycles. The fourth-order valence-corrected chi connectivity index (χ4v) is 4.31. The molecule has 1 heterocycles. The van der Waals surface area contributed by atoms with E-state index >= 15 is 0 Å². The predicted molar refractivity (Wildman–Crippen MR) is 87.7 cm³/mol. The number of nitrogens with one attached hydrogen (secondary N) is 1. The summed E-state index contributed by atoms with van der Waals surface area (Å²) in [5, 5.41) is 3.90. The minimum absolute atomic E-state index is 0.141. The lowest BCUT2D eigenvalue weighted by Crippen LogP contribution is -2.45. The topological polar surface area (TPSA) is 41.6 Å². The van der Waals surface area contributed by atoms with Crippen molar-refractivity contribution in [3.05, 3.63) is 0 Å². The number of nitrogens with zero attached hydrogens (tertiary/aromatic N) is 1. The maximum Gasteiger partial charge on any atom is 0.410 e. The molecule has 3 rings (SSSR count). The van der Waals surface area contributed by atoms with E-state index in [4.69, 9.17) is 4.74 Å². The van der Waals surface area contributed by atoms with Gasteiger partial charge in [-0.3, -0.25) is 0 Å². The molecule has 126 valence electrons. The molecule has 1 amide bonds. The van der Waals surface area contributed by atoms with Crippen molar-refractivity contribution in [2.24, 2.45) is 23.7 Å². The molecule has 0 aromatic heterocycles. The fourth-order valence-electron chi connectivity index (χ4n) is 4.31. The van der Waals surface area contributed by atoms with E-state index in [2.05, 4.69) is 19.2 Å². The van der Waals surface area contributed by atoms with Crippen molar-refractivity contribution < 1.29 is 9.53 Å². The van der Waals surface area contributed by atoms with E-state index in [1.54, 1.807) is 0 Å². The molecule has 22 heavy (non-hydrogen) atoms. The molecule has 5 unspecified atom stereocenters. The molecule has 0 radical (unpaired) electrons. The summed E-state index contributed by atoms with van der Waals surface area (Å²) in [7, 11) is 0. The largest absolute Gasteiger partial charge is 0.444 e. The van der Waals surface area contributed by atoms with Gasteiger partial charge in [0, 0.05) is 25.2 Å². The van der Waals surface area contributed by atoms with Crippen molar-refractivity contribution in [1.82, 2.24) is 10.2 Å². The first kappa shape index (κ1) is 16.1. The highest BCUT2D eigenvalue weighted by Crippen LogP contribution is 2.47. The van der Waals surface area contributed by atoms with Crippen LogP contribution in [0, 0.1) is 23.7 Å². The Kier molecular flexibility index (Phi) is 4.17. The first-order valence-electron chi connectivity index (χ1n) is 9.00. The predicted octanol–water partition coefficient (Wildman–Crippen LogP) is 3.27. The third-order valence-corrected chi connectivity index (χ3v) is 5.96. The number of ether oxygens (including phenoxy) is 1. The van der Waals surface area contributed by atoms with Gasteiger partial charge in [-0.15, -0.1) is 0 Å². The number of carbonyl (C=O) groups is 1. The molecule has 2 saturated carbocycles. The van der Waals surface area contributed by atoms with Gasteiger partial charge in [0.25, 0.3) is 0 Å². The summed E-state index contributed by atoms with van der Waals surface area (Å²) in [4.78, 5) is 14.0. The second-order valence-corrected chi connectivity index (χ2v) is 8.78. The number of fused-ring (bicyclic) bond motifs is 1. The van der Waals surface area contributed by atoms with Crippen molar-refractivity contribution in [2.75, 3.05) is 13.1 Å². The summed E-state index contributed by atoms with van der Waals surface area (Å²) in [5.74, 6) is 2.91. The second-order valence-electron chi connectivity index (χ2n) is 8.78. The van der Waals surface area contributed by atoms with Gasteiger partial charge in [-0.25, -0.2) is 4.79 Å². The number of rotatable bonds is 2. The Morgan fingerprint density at radius 3 is 2.36 bits per heavy atom. The number of carbonyl (C=O) groups excluding carboxylic acids is 1. The van der Waals surface area contributed by atoms with Gasteiger partial charge in [-0.2, -0.15) is 0 Å². The van der Waals surface area contributed by atoms with E-state index in [1.165, 1.54) is 19.3 Å². The van der Waals surface area contributed by atoms with Gasteiger partial charge in [-0.1, -0.05) is 26.7 Å². The molecule has 0 spiro atoms. The number of hydrogen-bond acceptors (Lipinski definition) is 3. The fraction of sp³-hybridized carbons (Fsp3) is 0.944. The van der Waals surface area contributed by atoms with Crippen LogP contribution in [0.4, 0.5) is 4.79 Å². The molecule has 0 aromatic rings. The van der Waals surface area contributed by atoms with E-state index in [0.717, 1.165) is 24.9 Å². The molecule has 3 fully saturated rings. The summed E-state index contributed by atoms with van der Waals surface area (Å²) in [6.45, 7) is 12.3. The van der Waals surface area contributed by atoms with E-state index in [-0.39, 0.29) is 6.09 Å². The highest BCUT2D eigenvalue weighted by Gasteiger charge is 2.57. The van der Waals surface area contributed by atoms with Gasteiger partial charge in [0.2, 0.25) is 0 Å². The molecule has 1 aliphatic heterocycles. The maximum atomic E-state index is 12.1. The Balaban J connectivity index is 1.46. The van der Waals surface area contributed by atoms with Crippen LogP contribution in [0.2, 0.25) is 0 Å². The summed E-state index contributed by atoms with van der Waals surface area (Å²) in [6, 6.07) is 1.31. The minimum atomic E-state index is -0.394. The number of hydrogen-bond donors (Lipinski definition) is 1. The monoisotopic (exact) mass is 308 g/mol. The Morgan fingerprint density at radius 2 is 1.77 bits per heavy atom. The number of piperidine rings is 1. The smallest absolute Gasteiger partial charge is 0.410 e. The number of amides is 1.